The molecule has 3 aliphatic rings. The minimum absolute atomic E-state index is 0.812. The molecule has 4 unspecified atom stereocenters. The van der Waals surface area contributed by atoms with Crippen LogP contribution in [-0.4, -0.2) is 36.1 Å². The van der Waals surface area contributed by atoms with E-state index >= 15 is 0 Å². The van der Waals surface area contributed by atoms with E-state index in [2.05, 4.69) is 24.2 Å². The molecule has 3 fully saturated rings. The van der Waals surface area contributed by atoms with Crippen LogP contribution >= 0.6 is 0 Å². The summed E-state index contributed by atoms with van der Waals surface area (Å²) < 4.78 is 0. The summed E-state index contributed by atoms with van der Waals surface area (Å²) in [6.07, 6.45) is 14.3. The van der Waals surface area contributed by atoms with Crippen molar-refractivity contribution in [3.8, 4) is 0 Å². The Balaban J connectivity index is 1.53. The van der Waals surface area contributed by atoms with Crippen molar-refractivity contribution < 1.29 is 0 Å². The molecule has 0 radical (unpaired) electrons. The van der Waals surface area contributed by atoms with E-state index in [1.807, 2.05) is 0 Å². The summed E-state index contributed by atoms with van der Waals surface area (Å²) in [5.41, 5.74) is 0. The topological polar surface area (TPSA) is 15.3 Å². The molecule has 2 aliphatic heterocycles. The highest BCUT2D eigenvalue weighted by Gasteiger charge is 2.36. The Morgan fingerprint density at radius 2 is 1.58 bits per heavy atom. The van der Waals surface area contributed by atoms with Crippen LogP contribution in [-0.2, 0) is 0 Å². The second-order valence-corrected chi connectivity index (χ2v) is 7.38. The zero-order chi connectivity index (χ0) is 13.2. The maximum atomic E-state index is 4.04. The molecule has 2 saturated heterocycles. The molecule has 1 N–H and O–H groups in total. The number of rotatable bonds is 3. The molecule has 2 heterocycles. The van der Waals surface area contributed by atoms with Crippen molar-refractivity contribution >= 4 is 0 Å². The van der Waals surface area contributed by atoms with Gasteiger partial charge >= 0.3 is 0 Å². The first kappa shape index (κ1) is 13.9. The van der Waals surface area contributed by atoms with Gasteiger partial charge in [0, 0.05) is 24.2 Å². The van der Waals surface area contributed by atoms with E-state index in [0.717, 1.165) is 30.1 Å². The van der Waals surface area contributed by atoms with Crippen molar-refractivity contribution in [1.29, 1.82) is 0 Å². The van der Waals surface area contributed by atoms with Crippen LogP contribution in [0.1, 0.15) is 71.1 Å². The lowest BCUT2D eigenvalue weighted by atomic mass is 9.80. The molecule has 19 heavy (non-hydrogen) atoms. The maximum Gasteiger partial charge on any atom is 0.0110 e. The zero-order valence-electron chi connectivity index (χ0n) is 12.9. The quantitative estimate of drug-likeness (QED) is 0.838. The molecule has 4 atom stereocenters. The van der Waals surface area contributed by atoms with Gasteiger partial charge in [-0.1, -0.05) is 32.6 Å². The monoisotopic (exact) mass is 264 g/mol. The third kappa shape index (κ3) is 3.16. The summed E-state index contributed by atoms with van der Waals surface area (Å²) in [4.78, 5) is 2.68. The van der Waals surface area contributed by atoms with Gasteiger partial charge in [0.25, 0.3) is 0 Å². The predicted molar refractivity (Wildman–Crippen MR) is 81.4 cm³/mol. The van der Waals surface area contributed by atoms with Crippen LogP contribution in [0.5, 0.6) is 0 Å². The Hall–Kier alpha value is -0.0800. The SMILES string of the molecule is CCC1CCCC(NC2CC3CCCC(C2)N3C)C1. The van der Waals surface area contributed by atoms with Crippen LogP contribution < -0.4 is 5.32 Å². The molecule has 0 aromatic rings. The Morgan fingerprint density at radius 3 is 2.26 bits per heavy atom. The fraction of sp³-hybridized carbons (Fsp3) is 1.00. The van der Waals surface area contributed by atoms with Crippen molar-refractivity contribution in [3.05, 3.63) is 0 Å². The van der Waals surface area contributed by atoms with E-state index in [-0.39, 0.29) is 0 Å². The van der Waals surface area contributed by atoms with Crippen molar-refractivity contribution in [2.75, 3.05) is 7.05 Å². The zero-order valence-corrected chi connectivity index (χ0v) is 12.9. The summed E-state index contributed by atoms with van der Waals surface area (Å²) in [5, 5.41) is 4.04. The highest BCUT2D eigenvalue weighted by Crippen LogP contribution is 2.34. The minimum atomic E-state index is 0.812. The maximum absolute atomic E-state index is 4.04. The van der Waals surface area contributed by atoms with Gasteiger partial charge in [0.1, 0.15) is 0 Å². The fourth-order valence-corrected chi connectivity index (χ4v) is 4.90. The van der Waals surface area contributed by atoms with E-state index < -0.39 is 0 Å². The first-order valence-electron chi connectivity index (χ1n) is 8.74. The van der Waals surface area contributed by atoms with E-state index in [4.69, 9.17) is 0 Å². The number of hydrogen-bond acceptors (Lipinski definition) is 2. The third-order valence-corrected chi connectivity index (χ3v) is 6.17. The molecule has 0 spiro atoms. The van der Waals surface area contributed by atoms with Gasteiger partial charge in [-0.25, -0.2) is 0 Å². The molecule has 1 saturated carbocycles. The number of fused-ring (bicyclic) bond motifs is 2. The number of hydrogen-bond donors (Lipinski definition) is 1. The number of piperidine rings is 2. The van der Waals surface area contributed by atoms with Gasteiger partial charge in [0.15, 0.2) is 0 Å². The highest BCUT2D eigenvalue weighted by molar-refractivity contribution is 4.95. The van der Waals surface area contributed by atoms with Crippen LogP contribution in [0.15, 0.2) is 0 Å². The van der Waals surface area contributed by atoms with E-state index in [9.17, 15) is 0 Å². The first-order chi connectivity index (χ1) is 9.26. The van der Waals surface area contributed by atoms with Gasteiger partial charge < -0.3 is 10.2 Å². The van der Waals surface area contributed by atoms with Crippen LogP contribution in [0.3, 0.4) is 0 Å². The van der Waals surface area contributed by atoms with Crippen molar-refractivity contribution in [2.45, 2.75) is 95.3 Å². The molecule has 2 nitrogen and oxygen atoms in total. The van der Waals surface area contributed by atoms with Crippen LogP contribution in [0.4, 0.5) is 0 Å². The predicted octanol–water partition coefficient (Wildman–Crippen LogP) is 3.56. The average Bonchev–Trinajstić information content (AvgIpc) is 2.40. The number of nitrogens with one attached hydrogen (secondary N) is 1. The Morgan fingerprint density at radius 1 is 0.895 bits per heavy atom. The molecule has 3 rings (SSSR count). The van der Waals surface area contributed by atoms with Crippen molar-refractivity contribution in [3.63, 3.8) is 0 Å². The van der Waals surface area contributed by atoms with Gasteiger partial charge in [0.05, 0.1) is 0 Å². The van der Waals surface area contributed by atoms with E-state index in [1.165, 1.54) is 64.2 Å². The second-order valence-electron chi connectivity index (χ2n) is 7.38. The van der Waals surface area contributed by atoms with Crippen molar-refractivity contribution in [2.24, 2.45) is 5.92 Å². The van der Waals surface area contributed by atoms with Crippen LogP contribution in [0.2, 0.25) is 0 Å². The molecule has 0 amide bonds. The van der Waals surface area contributed by atoms with Gasteiger partial charge in [-0.15, -0.1) is 0 Å². The lowest BCUT2D eigenvalue weighted by Gasteiger charge is -2.48. The lowest BCUT2D eigenvalue weighted by molar-refractivity contribution is 0.0433. The van der Waals surface area contributed by atoms with Gasteiger partial charge in [-0.3, -0.25) is 0 Å². The molecule has 2 heteroatoms. The lowest BCUT2D eigenvalue weighted by Crippen LogP contribution is -2.56. The standard InChI is InChI=1S/C17H32N2/c1-3-13-6-4-7-14(10-13)18-15-11-16-8-5-9-17(12-15)19(16)2/h13-18H,3-12H2,1-2H3. The Kier molecular flexibility index (Phi) is 4.48. The minimum Gasteiger partial charge on any atom is -0.311 e. The third-order valence-electron chi connectivity index (χ3n) is 6.17. The molecule has 0 aromatic heterocycles. The van der Waals surface area contributed by atoms with Gasteiger partial charge in [-0.2, -0.15) is 0 Å². The first-order valence-corrected chi connectivity index (χ1v) is 8.74. The van der Waals surface area contributed by atoms with E-state index in [0.29, 0.717) is 0 Å². The summed E-state index contributed by atoms with van der Waals surface area (Å²) in [6.45, 7) is 2.37. The molecule has 110 valence electrons. The smallest absolute Gasteiger partial charge is 0.0110 e. The normalized spacial score (nSPS) is 44.2. The summed E-state index contributed by atoms with van der Waals surface area (Å²) >= 11 is 0. The summed E-state index contributed by atoms with van der Waals surface area (Å²) in [5.74, 6) is 0.997. The van der Waals surface area contributed by atoms with Crippen molar-refractivity contribution in [1.82, 2.24) is 10.2 Å². The highest BCUT2D eigenvalue weighted by atomic mass is 15.2. The van der Waals surface area contributed by atoms with Crippen LogP contribution in [0, 0.1) is 5.92 Å². The van der Waals surface area contributed by atoms with Gasteiger partial charge in [-0.05, 0) is 51.5 Å². The molecule has 1 aliphatic carbocycles. The number of nitrogens with zero attached hydrogens (tertiary/aromatic N) is 1. The average molecular weight is 264 g/mol. The fourth-order valence-electron chi connectivity index (χ4n) is 4.90. The molecule has 0 aromatic carbocycles. The Labute approximate surface area is 119 Å². The second kappa shape index (κ2) is 6.13. The summed E-state index contributed by atoms with van der Waals surface area (Å²) in [7, 11) is 2.36. The van der Waals surface area contributed by atoms with Crippen LogP contribution in [0.25, 0.3) is 0 Å². The largest absolute Gasteiger partial charge is 0.311 e. The molecular formula is C17H32N2. The molecule has 2 bridgehead atoms. The van der Waals surface area contributed by atoms with Gasteiger partial charge in [0.2, 0.25) is 0 Å². The molecular weight excluding hydrogens is 232 g/mol. The summed E-state index contributed by atoms with van der Waals surface area (Å²) in [6, 6.07) is 3.38. The Bertz CT molecular complexity index is 277. The van der Waals surface area contributed by atoms with E-state index in [1.54, 1.807) is 0 Å².